The van der Waals surface area contributed by atoms with Crippen LogP contribution in [0.5, 0.6) is 5.75 Å². The third kappa shape index (κ3) is 3.67. The van der Waals surface area contributed by atoms with Gasteiger partial charge in [-0.05, 0) is 42.8 Å². The number of hydrogen-bond acceptors (Lipinski definition) is 3. The standard InChI is InChI=1S/C16H19BrN2O/c1-3-20-14-7-4-12(5-8-14)11-19(2)16-9-6-13(17)10-15(16)18/h4-10H,3,11,18H2,1-2H3. The van der Waals surface area contributed by atoms with Gasteiger partial charge in [-0.2, -0.15) is 0 Å². The van der Waals surface area contributed by atoms with Gasteiger partial charge < -0.3 is 15.4 Å². The topological polar surface area (TPSA) is 38.5 Å². The van der Waals surface area contributed by atoms with E-state index in [9.17, 15) is 0 Å². The van der Waals surface area contributed by atoms with E-state index >= 15 is 0 Å². The third-order valence-electron chi connectivity index (χ3n) is 3.05. The molecule has 2 N–H and O–H groups in total. The molecule has 0 aliphatic rings. The first-order valence-corrected chi connectivity index (χ1v) is 7.37. The maximum Gasteiger partial charge on any atom is 0.119 e. The number of nitrogens with zero attached hydrogens (tertiary/aromatic N) is 1. The fraction of sp³-hybridized carbons (Fsp3) is 0.250. The number of nitrogen functional groups attached to an aromatic ring is 1. The smallest absolute Gasteiger partial charge is 0.119 e. The van der Waals surface area contributed by atoms with E-state index in [1.807, 2.05) is 44.3 Å². The average molecular weight is 335 g/mol. The van der Waals surface area contributed by atoms with Gasteiger partial charge in [-0.1, -0.05) is 28.1 Å². The van der Waals surface area contributed by atoms with Crippen LogP contribution in [-0.4, -0.2) is 13.7 Å². The van der Waals surface area contributed by atoms with E-state index in [0.29, 0.717) is 6.61 Å². The van der Waals surface area contributed by atoms with Gasteiger partial charge in [0.05, 0.1) is 18.0 Å². The van der Waals surface area contributed by atoms with E-state index in [0.717, 1.165) is 28.1 Å². The Bertz CT molecular complexity index is 569. The Morgan fingerprint density at radius 2 is 1.85 bits per heavy atom. The molecule has 0 bridgehead atoms. The van der Waals surface area contributed by atoms with Gasteiger partial charge in [0.25, 0.3) is 0 Å². The maximum atomic E-state index is 6.05. The number of ether oxygens (including phenoxy) is 1. The molecule has 0 aliphatic heterocycles. The number of nitrogens with two attached hydrogens (primary N) is 1. The minimum atomic E-state index is 0.689. The lowest BCUT2D eigenvalue weighted by atomic mass is 10.2. The zero-order chi connectivity index (χ0) is 14.5. The minimum Gasteiger partial charge on any atom is -0.494 e. The van der Waals surface area contributed by atoms with Gasteiger partial charge in [-0.15, -0.1) is 0 Å². The Labute approximate surface area is 128 Å². The molecule has 0 heterocycles. The molecular formula is C16H19BrN2O. The highest BCUT2D eigenvalue weighted by Gasteiger charge is 2.06. The molecule has 106 valence electrons. The highest BCUT2D eigenvalue weighted by atomic mass is 79.9. The largest absolute Gasteiger partial charge is 0.494 e. The molecule has 0 amide bonds. The van der Waals surface area contributed by atoms with Crippen molar-refractivity contribution in [3.63, 3.8) is 0 Å². The van der Waals surface area contributed by atoms with Crippen LogP contribution in [0.4, 0.5) is 11.4 Å². The molecule has 0 radical (unpaired) electrons. The molecule has 0 aliphatic carbocycles. The van der Waals surface area contributed by atoms with Crippen molar-refractivity contribution in [3.8, 4) is 5.75 Å². The predicted molar refractivity (Wildman–Crippen MR) is 88.3 cm³/mol. The van der Waals surface area contributed by atoms with E-state index in [-0.39, 0.29) is 0 Å². The van der Waals surface area contributed by atoms with Crippen LogP contribution < -0.4 is 15.4 Å². The summed E-state index contributed by atoms with van der Waals surface area (Å²) in [7, 11) is 2.04. The Kier molecular flexibility index (Phi) is 4.90. The van der Waals surface area contributed by atoms with Crippen molar-refractivity contribution in [1.29, 1.82) is 0 Å². The maximum absolute atomic E-state index is 6.05. The minimum absolute atomic E-state index is 0.689. The van der Waals surface area contributed by atoms with E-state index in [4.69, 9.17) is 10.5 Å². The lowest BCUT2D eigenvalue weighted by molar-refractivity contribution is 0.340. The summed E-state index contributed by atoms with van der Waals surface area (Å²) in [5.41, 5.74) is 9.07. The van der Waals surface area contributed by atoms with Crippen LogP contribution in [0.1, 0.15) is 12.5 Å². The number of anilines is 2. The predicted octanol–water partition coefficient (Wildman–Crippen LogP) is 4.07. The van der Waals surface area contributed by atoms with Gasteiger partial charge in [-0.3, -0.25) is 0 Å². The zero-order valence-corrected chi connectivity index (χ0v) is 13.4. The molecule has 0 fully saturated rings. The molecule has 20 heavy (non-hydrogen) atoms. The molecular weight excluding hydrogens is 316 g/mol. The second-order valence-corrected chi connectivity index (χ2v) is 5.55. The number of rotatable bonds is 5. The van der Waals surface area contributed by atoms with Crippen LogP contribution in [-0.2, 0) is 6.54 Å². The van der Waals surface area contributed by atoms with Crippen molar-refractivity contribution in [1.82, 2.24) is 0 Å². The van der Waals surface area contributed by atoms with Gasteiger partial charge in [0.1, 0.15) is 5.75 Å². The fourth-order valence-corrected chi connectivity index (χ4v) is 2.47. The number of benzene rings is 2. The fourth-order valence-electron chi connectivity index (χ4n) is 2.09. The summed E-state index contributed by atoms with van der Waals surface area (Å²) in [5.74, 6) is 0.905. The lowest BCUT2D eigenvalue weighted by Crippen LogP contribution is -2.17. The van der Waals surface area contributed by atoms with Gasteiger partial charge in [-0.25, -0.2) is 0 Å². The summed E-state index contributed by atoms with van der Waals surface area (Å²) in [4.78, 5) is 2.14. The summed E-state index contributed by atoms with van der Waals surface area (Å²) in [6.45, 7) is 3.48. The van der Waals surface area contributed by atoms with Crippen LogP contribution in [0.15, 0.2) is 46.9 Å². The van der Waals surface area contributed by atoms with Gasteiger partial charge in [0, 0.05) is 18.1 Å². The van der Waals surface area contributed by atoms with E-state index < -0.39 is 0 Å². The van der Waals surface area contributed by atoms with Crippen LogP contribution in [0, 0.1) is 0 Å². The average Bonchev–Trinajstić information content (AvgIpc) is 2.41. The van der Waals surface area contributed by atoms with Crippen molar-refractivity contribution < 1.29 is 4.74 Å². The summed E-state index contributed by atoms with van der Waals surface area (Å²) in [6, 6.07) is 14.1. The molecule has 3 nitrogen and oxygen atoms in total. The Morgan fingerprint density at radius 3 is 2.45 bits per heavy atom. The first-order chi connectivity index (χ1) is 9.60. The summed E-state index contributed by atoms with van der Waals surface area (Å²) in [5, 5.41) is 0. The molecule has 2 aromatic carbocycles. The van der Waals surface area contributed by atoms with Crippen LogP contribution in [0.3, 0.4) is 0 Å². The number of halogens is 1. The zero-order valence-electron chi connectivity index (χ0n) is 11.8. The van der Waals surface area contributed by atoms with Gasteiger partial charge >= 0.3 is 0 Å². The highest BCUT2D eigenvalue weighted by Crippen LogP contribution is 2.27. The first-order valence-electron chi connectivity index (χ1n) is 6.58. The summed E-state index contributed by atoms with van der Waals surface area (Å²) in [6.07, 6.45) is 0. The van der Waals surface area contributed by atoms with Crippen molar-refractivity contribution >= 4 is 27.3 Å². The van der Waals surface area contributed by atoms with Crippen LogP contribution in [0.25, 0.3) is 0 Å². The molecule has 0 saturated heterocycles. The molecule has 2 aromatic rings. The lowest BCUT2D eigenvalue weighted by Gasteiger charge is -2.21. The van der Waals surface area contributed by atoms with E-state index in [1.165, 1.54) is 5.56 Å². The highest BCUT2D eigenvalue weighted by molar-refractivity contribution is 9.10. The monoisotopic (exact) mass is 334 g/mol. The normalized spacial score (nSPS) is 10.3. The molecule has 0 aromatic heterocycles. The van der Waals surface area contributed by atoms with Crippen molar-refractivity contribution in [2.24, 2.45) is 0 Å². The molecule has 0 atom stereocenters. The number of hydrogen-bond donors (Lipinski definition) is 1. The van der Waals surface area contributed by atoms with Crippen molar-refractivity contribution in [2.75, 3.05) is 24.3 Å². The van der Waals surface area contributed by atoms with Crippen molar-refractivity contribution in [3.05, 3.63) is 52.5 Å². The SMILES string of the molecule is CCOc1ccc(CN(C)c2ccc(Br)cc2N)cc1. The van der Waals surface area contributed by atoms with E-state index in [2.05, 4.69) is 33.0 Å². The Balaban J connectivity index is 2.08. The second-order valence-electron chi connectivity index (χ2n) is 4.64. The van der Waals surface area contributed by atoms with Crippen molar-refractivity contribution in [2.45, 2.75) is 13.5 Å². The van der Waals surface area contributed by atoms with Gasteiger partial charge in [0.15, 0.2) is 0 Å². The van der Waals surface area contributed by atoms with Crippen LogP contribution in [0.2, 0.25) is 0 Å². The molecule has 0 unspecified atom stereocenters. The summed E-state index contributed by atoms with van der Waals surface area (Å²) < 4.78 is 6.44. The van der Waals surface area contributed by atoms with Crippen LogP contribution >= 0.6 is 15.9 Å². The van der Waals surface area contributed by atoms with E-state index in [1.54, 1.807) is 0 Å². The Hall–Kier alpha value is -1.68. The quantitative estimate of drug-likeness (QED) is 0.837. The second kappa shape index (κ2) is 6.66. The van der Waals surface area contributed by atoms with Gasteiger partial charge in [0.2, 0.25) is 0 Å². The third-order valence-corrected chi connectivity index (χ3v) is 3.55. The summed E-state index contributed by atoms with van der Waals surface area (Å²) >= 11 is 3.42. The molecule has 4 heteroatoms. The first kappa shape index (κ1) is 14.7. The molecule has 0 spiro atoms. The molecule has 0 saturated carbocycles. The Morgan fingerprint density at radius 1 is 1.15 bits per heavy atom. The molecule has 2 rings (SSSR count).